The van der Waals surface area contributed by atoms with Gasteiger partial charge in [0.1, 0.15) is 0 Å². The van der Waals surface area contributed by atoms with E-state index in [9.17, 15) is 8.42 Å². The molecule has 1 heterocycles. The SMILES string of the molecule is Cc1[nH]c2ccccc2c1C=Nc1ccc(S(N)(=O)=O)cc1. The highest BCUT2D eigenvalue weighted by Gasteiger charge is 2.07. The molecule has 0 bridgehead atoms. The highest BCUT2D eigenvalue weighted by molar-refractivity contribution is 7.89. The number of H-pyrrole nitrogens is 1. The van der Waals surface area contributed by atoms with E-state index >= 15 is 0 Å². The highest BCUT2D eigenvalue weighted by Crippen LogP contribution is 2.21. The van der Waals surface area contributed by atoms with Crippen LogP contribution >= 0.6 is 0 Å². The number of aromatic nitrogens is 1. The minimum absolute atomic E-state index is 0.0784. The van der Waals surface area contributed by atoms with E-state index in [1.54, 1.807) is 18.3 Å². The first kappa shape index (κ1) is 14.5. The van der Waals surface area contributed by atoms with Crippen molar-refractivity contribution < 1.29 is 8.42 Å². The second kappa shape index (κ2) is 5.40. The Labute approximate surface area is 128 Å². The van der Waals surface area contributed by atoms with Gasteiger partial charge in [-0.3, -0.25) is 4.99 Å². The number of para-hydroxylation sites is 1. The fraction of sp³-hybridized carbons (Fsp3) is 0.0625. The summed E-state index contributed by atoms with van der Waals surface area (Å²) in [6.45, 7) is 1.99. The average Bonchev–Trinajstić information content (AvgIpc) is 2.80. The second-order valence-corrected chi connectivity index (χ2v) is 6.57. The lowest BCUT2D eigenvalue weighted by Crippen LogP contribution is -2.11. The quantitative estimate of drug-likeness (QED) is 0.728. The molecule has 3 N–H and O–H groups in total. The second-order valence-electron chi connectivity index (χ2n) is 5.01. The van der Waals surface area contributed by atoms with Gasteiger partial charge in [0.15, 0.2) is 0 Å². The number of fused-ring (bicyclic) bond motifs is 1. The van der Waals surface area contributed by atoms with Crippen LogP contribution in [-0.4, -0.2) is 19.6 Å². The van der Waals surface area contributed by atoms with E-state index in [1.807, 2.05) is 31.2 Å². The van der Waals surface area contributed by atoms with Crippen molar-refractivity contribution in [2.24, 2.45) is 10.1 Å². The smallest absolute Gasteiger partial charge is 0.238 e. The molecule has 0 unspecified atom stereocenters. The predicted octanol–water partition coefficient (Wildman–Crippen LogP) is 2.87. The standard InChI is InChI=1S/C16H15N3O2S/c1-11-15(14-4-2-3-5-16(14)19-11)10-18-12-6-8-13(9-7-12)22(17,20)21/h2-10,19H,1H3,(H2,17,20,21). The molecule has 0 fully saturated rings. The fourth-order valence-corrected chi connectivity index (χ4v) is 2.84. The van der Waals surface area contributed by atoms with Crippen molar-refractivity contribution in [1.29, 1.82) is 0 Å². The molecule has 3 aromatic rings. The first-order chi connectivity index (χ1) is 10.4. The summed E-state index contributed by atoms with van der Waals surface area (Å²) in [5.41, 5.74) is 3.78. The first-order valence-corrected chi connectivity index (χ1v) is 8.24. The zero-order valence-corrected chi connectivity index (χ0v) is 12.8. The van der Waals surface area contributed by atoms with E-state index in [1.165, 1.54) is 12.1 Å². The molecule has 3 rings (SSSR count). The number of aryl methyl sites for hydroxylation is 1. The summed E-state index contributed by atoms with van der Waals surface area (Å²) in [7, 11) is -3.67. The summed E-state index contributed by atoms with van der Waals surface area (Å²) in [6.07, 6.45) is 1.78. The molecule has 0 aliphatic rings. The van der Waals surface area contributed by atoms with Gasteiger partial charge in [-0.2, -0.15) is 0 Å². The van der Waals surface area contributed by atoms with Crippen LogP contribution in [0.25, 0.3) is 10.9 Å². The van der Waals surface area contributed by atoms with Crippen molar-refractivity contribution in [2.45, 2.75) is 11.8 Å². The summed E-state index contributed by atoms with van der Waals surface area (Å²) < 4.78 is 22.4. The largest absolute Gasteiger partial charge is 0.358 e. The van der Waals surface area contributed by atoms with Gasteiger partial charge >= 0.3 is 0 Å². The van der Waals surface area contributed by atoms with E-state index < -0.39 is 10.0 Å². The van der Waals surface area contributed by atoms with Crippen LogP contribution < -0.4 is 5.14 Å². The van der Waals surface area contributed by atoms with Crippen LogP contribution in [0.4, 0.5) is 5.69 Å². The lowest BCUT2D eigenvalue weighted by Gasteiger charge is -1.98. The molecule has 5 nitrogen and oxygen atoms in total. The Balaban J connectivity index is 1.95. The molecule has 0 radical (unpaired) electrons. The Morgan fingerprint density at radius 3 is 2.45 bits per heavy atom. The normalized spacial score (nSPS) is 12.3. The molecule has 0 aliphatic carbocycles. The van der Waals surface area contributed by atoms with Crippen LogP contribution in [0.3, 0.4) is 0 Å². The Hall–Kier alpha value is -2.44. The molecule has 1 aromatic heterocycles. The molecule has 0 saturated carbocycles. The number of hydrogen-bond donors (Lipinski definition) is 2. The lowest BCUT2D eigenvalue weighted by molar-refractivity contribution is 0.598. The predicted molar refractivity (Wildman–Crippen MR) is 88.1 cm³/mol. The summed E-state index contributed by atoms with van der Waals surface area (Å²) in [6, 6.07) is 14.2. The van der Waals surface area contributed by atoms with Gasteiger partial charge in [-0.05, 0) is 37.3 Å². The Kier molecular flexibility index (Phi) is 3.56. The third-order valence-corrected chi connectivity index (χ3v) is 4.38. The Morgan fingerprint density at radius 1 is 1.09 bits per heavy atom. The van der Waals surface area contributed by atoms with E-state index in [-0.39, 0.29) is 4.90 Å². The van der Waals surface area contributed by atoms with Crippen LogP contribution in [0.1, 0.15) is 11.3 Å². The Morgan fingerprint density at radius 2 is 1.77 bits per heavy atom. The molecule has 2 aromatic carbocycles. The van der Waals surface area contributed by atoms with Gasteiger partial charge in [-0.1, -0.05) is 18.2 Å². The molecule has 0 amide bonds. The summed E-state index contributed by atoms with van der Waals surface area (Å²) in [5.74, 6) is 0. The van der Waals surface area contributed by atoms with Crippen LogP contribution in [-0.2, 0) is 10.0 Å². The van der Waals surface area contributed by atoms with Gasteiger partial charge in [0.25, 0.3) is 0 Å². The molecule has 112 valence electrons. The molecule has 0 aliphatic heterocycles. The maximum Gasteiger partial charge on any atom is 0.238 e. The number of sulfonamides is 1. The van der Waals surface area contributed by atoms with Gasteiger partial charge in [0.2, 0.25) is 10.0 Å². The van der Waals surface area contributed by atoms with Gasteiger partial charge in [0, 0.05) is 28.4 Å². The van der Waals surface area contributed by atoms with Crippen LogP contribution in [0, 0.1) is 6.92 Å². The molecule has 6 heteroatoms. The first-order valence-electron chi connectivity index (χ1n) is 6.69. The number of aromatic amines is 1. The van der Waals surface area contributed by atoms with Crippen LogP contribution in [0.5, 0.6) is 0 Å². The topological polar surface area (TPSA) is 88.3 Å². The number of nitrogens with two attached hydrogens (primary N) is 1. The zero-order chi connectivity index (χ0) is 15.7. The van der Waals surface area contributed by atoms with Crippen molar-refractivity contribution in [2.75, 3.05) is 0 Å². The van der Waals surface area contributed by atoms with E-state index in [0.29, 0.717) is 5.69 Å². The zero-order valence-electron chi connectivity index (χ0n) is 11.9. The van der Waals surface area contributed by atoms with Crippen molar-refractivity contribution in [3.8, 4) is 0 Å². The minimum atomic E-state index is -3.67. The van der Waals surface area contributed by atoms with E-state index in [4.69, 9.17) is 5.14 Å². The number of rotatable bonds is 3. The van der Waals surface area contributed by atoms with Gasteiger partial charge in [0.05, 0.1) is 10.6 Å². The number of aliphatic imine (C=N–C) groups is 1. The third kappa shape index (κ3) is 2.79. The molecule has 22 heavy (non-hydrogen) atoms. The number of benzene rings is 2. The van der Waals surface area contributed by atoms with Crippen molar-refractivity contribution in [3.05, 3.63) is 59.8 Å². The third-order valence-electron chi connectivity index (χ3n) is 3.45. The number of nitrogens with zero attached hydrogens (tertiary/aromatic N) is 1. The number of primary sulfonamides is 1. The average molecular weight is 313 g/mol. The molecule has 0 saturated heterocycles. The summed E-state index contributed by atoms with van der Waals surface area (Å²) in [4.78, 5) is 7.79. The number of hydrogen-bond acceptors (Lipinski definition) is 3. The van der Waals surface area contributed by atoms with Crippen molar-refractivity contribution >= 4 is 32.8 Å². The summed E-state index contributed by atoms with van der Waals surface area (Å²) >= 11 is 0. The van der Waals surface area contributed by atoms with Crippen molar-refractivity contribution in [3.63, 3.8) is 0 Å². The monoisotopic (exact) mass is 313 g/mol. The fourth-order valence-electron chi connectivity index (χ4n) is 2.33. The van der Waals surface area contributed by atoms with Crippen LogP contribution in [0.2, 0.25) is 0 Å². The highest BCUT2D eigenvalue weighted by atomic mass is 32.2. The van der Waals surface area contributed by atoms with Crippen LogP contribution in [0.15, 0.2) is 58.4 Å². The van der Waals surface area contributed by atoms with E-state index in [2.05, 4.69) is 9.98 Å². The van der Waals surface area contributed by atoms with Gasteiger partial charge in [-0.25, -0.2) is 13.6 Å². The van der Waals surface area contributed by atoms with Gasteiger partial charge < -0.3 is 4.98 Å². The van der Waals surface area contributed by atoms with Gasteiger partial charge in [-0.15, -0.1) is 0 Å². The maximum absolute atomic E-state index is 11.2. The van der Waals surface area contributed by atoms with Crippen molar-refractivity contribution in [1.82, 2.24) is 4.98 Å². The molecule has 0 spiro atoms. The maximum atomic E-state index is 11.2. The molecule has 0 atom stereocenters. The number of nitrogens with one attached hydrogen (secondary N) is 1. The summed E-state index contributed by atoms with van der Waals surface area (Å²) in [5, 5.41) is 6.17. The molecular formula is C16H15N3O2S. The van der Waals surface area contributed by atoms with E-state index in [0.717, 1.165) is 22.2 Å². The minimum Gasteiger partial charge on any atom is -0.358 e. The Bertz CT molecular complexity index is 955. The molecular weight excluding hydrogens is 298 g/mol. The lowest BCUT2D eigenvalue weighted by atomic mass is 10.1.